The smallest absolute Gasteiger partial charge is 0.264 e. The van der Waals surface area contributed by atoms with Crippen molar-refractivity contribution in [2.75, 3.05) is 37.0 Å². The van der Waals surface area contributed by atoms with Crippen LogP contribution in [0.3, 0.4) is 0 Å². The summed E-state index contributed by atoms with van der Waals surface area (Å²) in [6.07, 6.45) is 0.697. The molecule has 0 radical (unpaired) electrons. The molecule has 2 aliphatic heterocycles. The third-order valence-corrected chi connectivity index (χ3v) is 9.22. The van der Waals surface area contributed by atoms with E-state index in [4.69, 9.17) is 9.47 Å². The fourth-order valence-corrected chi connectivity index (χ4v) is 7.13. The number of nitrogens with zero attached hydrogens (tertiary/aromatic N) is 2. The van der Waals surface area contributed by atoms with Crippen molar-refractivity contribution >= 4 is 29.1 Å². The van der Waals surface area contributed by atoms with Gasteiger partial charge in [0.2, 0.25) is 5.91 Å². The number of carbonyl (C=O) groups excluding carboxylic acids is 3. The number of rotatable bonds is 12. The Morgan fingerprint density at radius 2 is 1.83 bits per heavy atom. The highest BCUT2D eigenvalue weighted by Crippen LogP contribution is 2.58. The molecule has 47 heavy (non-hydrogen) atoms. The van der Waals surface area contributed by atoms with Gasteiger partial charge in [-0.25, -0.2) is 0 Å². The average molecular weight is 642 g/mol. The van der Waals surface area contributed by atoms with Crippen molar-refractivity contribution in [3.63, 3.8) is 0 Å². The lowest BCUT2D eigenvalue weighted by Crippen LogP contribution is -2.46. The van der Waals surface area contributed by atoms with Gasteiger partial charge in [-0.15, -0.1) is 6.58 Å². The Morgan fingerprint density at radius 3 is 2.45 bits per heavy atom. The van der Waals surface area contributed by atoms with Gasteiger partial charge >= 0.3 is 0 Å². The number of ether oxygens (including phenoxy) is 2. The van der Waals surface area contributed by atoms with Crippen molar-refractivity contribution in [3.05, 3.63) is 102 Å². The van der Waals surface area contributed by atoms with Gasteiger partial charge < -0.3 is 34.8 Å². The number of amides is 3. The number of benzene rings is 3. The van der Waals surface area contributed by atoms with Crippen LogP contribution in [0.15, 0.2) is 85.5 Å². The van der Waals surface area contributed by atoms with Crippen LogP contribution in [0.1, 0.15) is 48.7 Å². The second-order valence-electron chi connectivity index (χ2n) is 12.7. The van der Waals surface area contributed by atoms with E-state index in [1.807, 2.05) is 37.3 Å². The molecule has 0 unspecified atom stereocenters. The van der Waals surface area contributed by atoms with Gasteiger partial charge in [0.25, 0.3) is 11.8 Å². The van der Waals surface area contributed by atoms with Crippen LogP contribution >= 0.6 is 0 Å². The maximum Gasteiger partial charge on any atom is 0.264 e. The molecule has 1 spiro atoms. The van der Waals surface area contributed by atoms with Crippen LogP contribution in [0, 0.1) is 11.8 Å². The van der Waals surface area contributed by atoms with Gasteiger partial charge in [0, 0.05) is 48.3 Å². The molecule has 3 aromatic carbocycles. The summed E-state index contributed by atoms with van der Waals surface area (Å²) in [7, 11) is 1.55. The third-order valence-electron chi connectivity index (χ3n) is 9.22. The normalized spacial score (nSPS) is 21.9. The van der Waals surface area contributed by atoms with E-state index in [1.54, 1.807) is 79.3 Å². The molecule has 0 saturated carbocycles. The largest absolute Gasteiger partial charge is 0.497 e. The molecule has 3 aromatic rings. The number of hydrogen-bond donors (Lipinski definition) is 3. The molecule has 10 nitrogen and oxygen atoms in total. The van der Waals surface area contributed by atoms with Gasteiger partial charge in [-0.2, -0.15) is 0 Å². The Bertz CT molecular complexity index is 1620. The Balaban J connectivity index is 1.50. The van der Waals surface area contributed by atoms with E-state index >= 15 is 0 Å². The van der Waals surface area contributed by atoms with E-state index in [0.29, 0.717) is 34.8 Å². The van der Waals surface area contributed by atoms with Gasteiger partial charge in [0.1, 0.15) is 5.75 Å². The van der Waals surface area contributed by atoms with E-state index in [1.165, 1.54) is 0 Å². The fourth-order valence-electron chi connectivity index (χ4n) is 7.13. The number of hydrogen-bond acceptors (Lipinski definition) is 7. The summed E-state index contributed by atoms with van der Waals surface area (Å²) in [6.45, 7) is 9.46. The number of fused-ring (bicyclic) bond motifs is 2. The van der Waals surface area contributed by atoms with Crippen molar-refractivity contribution in [2.45, 2.75) is 51.0 Å². The van der Waals surface area contributed by atoms with E-state index in [0.717, 1.165) is 5.56 Å². The Hall–Kier alpha value is -4.51. The first-order valence-electron chi connectivity index (χ1n) is 15.8. The zero-order chi connectivity index (χ0) is 33.9. The van der Waals surface area contributed by atoms with Crippen LogP contribution in [0.2, 0.25) is 0 Å². The standard InChI is InChI=1S/C37H43N3O7/c1-6-18-40-30-17-14-27(38-34(43)26-12-15-28(46-5)16-13-26)21-29(30)37(35(40)44)24(2)33(36(3,4)45)31(47-37)22-32(42)39(19-20-41)23-25-10-8-7-9-11-25/h6-17,21,24,31,33,41,45H,1,18-20,22-23H2,2-5H3,(H,38,43)/t24-,31+,33-,37+/m1/s1. The zero-order valence-corrected chi connectivity index (χ0v) is 27.3. The maximum atomic E-state index is 14.4. The molecular formula is C37H43N3O7. The second kappa shape index (κ2) is 13.7. The molecule has 2 heterocycles. The molecule has 0 bridgehead atoms. The van der Waals surface area contributed by atoms with Crippen LogP contribution in [0.4, 0.5) is 11.4 Å². The molecular weight excluding hydrogens is 598 g/mol. The predicted octanol–water partition coefficient (Wildman–Crippen LogP) is 4.51. The van der Waals surface area contributed by atoms with Crippen LogP contribution in [0.25, 0.3) is 0 Å². The predicted molar refractivity (Wildman–Crippen MR) is 179 cm³/mol. The highest BCUT2D eigenvalue weighted by Gasteiger charge is 2.66. The molecule has 3 N–H and O–H groups in total. The number of anilines is 2. The minimum atomic E-state index is -1.53. The molecule has 1 saturated heterocycles. The van der Waals surface area contributed by atoms with Crippen LogP contribution < -0.4 is 15.0 Å². The van der Waals surface area contributed by atoms with Gasteiger partial charge in [0.05, 0.1) is 37.5 Å². The van der Waals surface area contributed by atoms with Crippen molar-refractivity contribution < 1.29 is 34.1 Å². The van der Waals surface area contributed by atoms with Crippen molar-refractivity contribution in [1.29, 1.82) is 0 Å². The summed E-state index contributed by atoms with van der Waals surface area (Å²) >= 11 is 0. The molecule has 0 aromatic heterocycles. The summed E-state index contributed by atoms with van der Waals surface area (Å²) in [5, 5.41) is 24.2. The van der Waals surface area contributed by atoms with Gasteiger partial charge in [-0.05, 0) is 61.9 Å². The number of carbonyl (C=O) groups is 3. The number of aliphatic hydroxyl groups excluding tert-OH is 1. The zero-order valence-electron chi connectivity index (χ0n) is 27.3. The van der Waals surface area contributed by atoms with Crippen LogP contribution in [0.5, 0.6) is 5.75 Å². The summed E-state index contributed by atoms with van der Waals surface area (Å²) in [6, 6.07) is 21.5. The van der Waals surface area contributed by atoms with E-state index in [2.05, 4.69) is 11.9 Å². The lowest BCUT2D eigenvalue weighted by Gasteiger charge is -2.34. The molecule has 5 rings (SSSR count). The summed E-state index contributed by atoms with van der Waals surface area (Å²) in [4.78, 5) is 44.6. The fraction of sp³-hybridized carbons (Fsp3) is 0.378. The minimum absolute atomic E-state index is 0.106. The first-order valence-corrected chi connectivity index (χ1v) is 15.8. The molecule has 248 valence electrons. The van der Waals surface area contributed by atoms with Gasteiger partial charge in [-0.3, -0.25) is 14.4 Å². The van der Waals surface area contributed by atoms with Gasteiger partial charge in [-0.1, -0.05) is 43.3 Å². The highest BCUT2D eigenvalue weighted by molar-refractivity contribution is 6.09. The second-order valence-corrected chi connectivity index (χ2v) is 12.7. The molecule has 1 fully saturated rings. The minimum Gasteiger partial charge on any atom is -0.497 e. The van der Waals surface area contributed by atoms with Gasteiger partial charge in [0.15, 0.2) is 5.60 Å². The molecule has 3 amide bonds. The average Bonchev–Trinajstić information content (AvgIpc) is 3.47. The number of nitrogens with one attached hydrogen (secondary N) is 1. The SMILES string of the molecule is C=CCN1C(=O)[C@@]2(O[C@@H](CC(=O)N(CCO)Cc3ccccc3)[C@H](C(C)(C)O)[C@H]2C)c2cc(NC(=O)c3ccc(OC)cc3)ccc21. The third kappa shape index (κ3) is 6.54. The summed E-state index contributed by atoms with van der Waals surface area (Å²) in [5.74, 6) is -1.47. The Morgan fingerprint density at radius 1 is 1.13 bits per heavy atom. The lowest BCUT2D eigenvalue weighted by atomic mass is 9.70. The molecule has 2 aliphatic rings. The maximum absolute atomic E-state index is 14.4. The molecule has 0 aliphatic carbocycles. The molecule has 10 heteroatoms. The number of aliphatic hydroxyl groups is 2. The van der Waals surface area contributed by atoms with E-state index < -0.39 is 29.1 Å². The van der Waals surface area contributed by atoms with Crippen molar-refractivity contribution in [3.8, 4) is 5.75 Å². The van der Waals surface area contributed by atoms with E-state index in [9.17, 15) is 24.6 Å². The number of methoxy groups -OCH3 is 1. The first-order chi connectivity index (χ1) is 22.4. The Kier molecular flexibility index (Phi) is 9.86. The monoisotopic (exact) mass is 641 g/mol. The quantitative estimate of drug-likeness (QED) is 0.248. The highest BCUT2D eigenvalue weighted by atomic mass is 16.5. The van der Waals surface area contributed by atoms with Crippen LogP contribution in [-0.4, -0.2) is 71.3 Å². The first kappa shape index (κ1) is 33.8. The van der Waals surface area contributed by atoms with Crippen molar-refractivity contribution in [1.82, 2.24) is 4.90 Å². The lowest BCUT2D eigenvalue weighted by molar-refractivity contribution is -0.150. The summed E-state index contributed by atoms with van der Waals surface area (Å²) in [5.41, 5.74) is 0.109. The molecule has 4 atom stereocenters. The topological polar surface area (TPSA) is 129 Å². The Labute approximate surface area is 275 Å². The van der Waals surface area contributed by atoms with Crippen LogP contribution in [-0.2, 0) is 26.5 Å². The van der Waals surface area contributed by atoms with Crippen molar-refractivity contribution in [2.24, 2.45) is 11.8 Å². The summed E-state index contributed by atoms with van der Waals surface area (Å²) < 4.78 is 12.0. The van der Waals surface area contributed by atoms with E-state index in [-0.39, 0.29) is 43.8 Å².